The number of aliphatic carboxylic acids is 1. The summed E-state index contributed by atoms with van der Waals surface area (Å²) in [6.07, 6.45) is 5.14. The Bertz CT molecular complexity index is 716. The van der Waals surface area contributed by atoms with Crippen molar-refractivity contribution >= 4 is 18.0 Å². The molecule has 0 spiro atoms. The molecule has 0 aliphatic rings. The van der Waals surface area contributed by atoms with Gasteiger partial charge < -0.3 is 15.4 Å². The SMILES string of the molecule is CCC(C)Cc1ccc(C(=O)N/C(=C/c2ccc[nH]2)C(=O)O)cc1. The molecule has 1 amide bonds. The first-order chi connectivity index (χ1) is 11.5. The van der Waals surface area contributed by atoms with Crippen molar-refractivity contribution in [1.29, 1.82) is 0 Å². The summed E-state index contributed by atoms with van der Waals surface area (Å²) < 4.78 is 0. The van der Waals surface area contributed by atoms with E-state index in [-0.39, 0.29) is 5.70 Å². The van der Waals surface area contributed by atoms with Crippen molar-refractivity contribution < 1.29 is 14.7 Å². The molecule has 0 radical (unpaired) electrons. The predicted octanol–water partition coefficient (Wildman–Crippen LogP) is 3.46. The summed E-state index contributed by atoms with van der Waals surface area (Å²) in [5, 5.41) is 11.7. The van der Waals surface area contributed by atoms with E-state index in [1.165, 1.54) is 11.6 Å². The summed E-state index contributed by atoms with van der Waals surface area (Å²) in [5.41, 5.74) is 2.03. The first kappa shape index (κ1) is 17.5. The number of carboxylic acid groups (broad SMARTS) is 1. The number of aromatic nitrogens is 1. The molecule has 1 atom stereocenters. The van der Waals surface area contributed by atoms with E-state index in [9.17, 15) is 14.7 Å². The van der Waals surface area contributed by atoms with Gasteiger partial charge in [0.05, 0.1) is 0 Å². The van der Waals surface area contributed by atoms with Gasteiger partial charge in [-0.15, -0.1) is 0 Å². The molecule has 3 N–H and O–H groups in total. The highest BCUT2D eigenvalue weighted by Gasteiger charge is 2.13. The molecule has 2 aromatic rings. The summed E-state index contributed by atoms with van der Waals surface area (Å²) in [6, 6.07) is 10.7. The Hall–Kier alpha value is -2.82. The van der Waals surface area contributed by atoms with Crippen LogP contribution in [0.2, 0.25) is 0 Å². The van der Waals surface area contributed by atoms with Crippen LogP contribution in [0.25, 0.3) is 6.08 Å². The van der Waals surface area contributed by atoms with Gasteiger partial charge in [-0.1, -0.05) is 32.4 Å². The third-order valence-corrected chi connectivity index (χ3v) is 3.90. The fraction of sp³-hybridized carbons (Fsp3) is 0.263. The Morgan fingerprint density at radius 2 is 1.96 bits per heavy atom. The minimum absolute atomic E-state index is 0.175. The summed E-state index contributed by atoms with van der Waals surface area (Å²) in [7, 11) is 0. The Morgan fingerprint density at radius 1 is 1.25 bits per heavy atom. The summed E-state index contributed by atoms with van der Waals surface area (Å²) in [5.74, 6) is -1.04. The Labute approximate surface area is 141 Å². The molecule has 1 aromatic heterocycles. The number of carboxylic acids is 1. The molecule has 5 nitrogen and oxygen atoms in total. The lowest BCUT2D eigenvalue weighted by atomic mass is 9.98. The predicted molar refractivity (Wildman–Crippen MR) is 93.5 cm³/mol. The van der Waals surface area contributed by atoms with Crippen LogP contribution in [0, 0.1) is 5.92 Å². The van der Waals surface area contributed by atoms with E-state index in [0.717, 1.165) is 12.8 Å². The topological polar surface area (TPSA) is 82.2 Å². The smallest absolute Gasteiger partial charge is 0.352 e. The maximum atomic E-state index is 12.3. The maximum Gasteiger partial charge on any atom is 0.352 e. The molecule has 0 saturated heterocycles. The number of nitrogens with one attached hydrogen (secondary N) is 2. The Kier molecular flexibility index (Phi) is 5.95. The van der Waals surface area contributed by atoms with Crippen LogP contribution in [0.4, 0.5) is 0 Å². The van der Waals surface area contributed by atoms with Gasteiger partial charge in [0.25, 0.3) is 5.91 Å². The van der Waals surface area contributed by atoms with Gasteiger partial charge in [-0.25, -0.2) is 4.79 Å². The molecule has 0 saturated carbocycles. The molecule has 0 aliphatic heterocycles. The minimum atomic E-state index is -1.19. The number of rotatable bonds is 7. The highest BCUT2D eigenvalue weighted by atomic mass is 16.4. The molecule has 126 valence electrons. The monoisotopic (exact) mass is 326 g/mol. The van der Waals surface area contributed by atoms with Crippen molar-refractivity contribution in [2.45, 2.75) is 26.7 Å². The average Bonchev–Trinajstić information content (AvgIpc) is 3.07. The van der Waals surface area contributed by atoms with Crippen molar-refractivity contribution in [3.05, 3.63) is 65.1 Å². The summed E-state index contributed by atoms with van der Waals surface area (Å²) in [6.45, 7) is 4.33. The van der Waals surface area contributed by atoms with Gasteiger partial charge in [-0.05, 0) is 48.2 Å². The minimum Gasteiger partial charge on any atom is -0.477 e. The zero-order valence-electron chi connectivity index (χ0n) is 13.9. The number of hydrogen-bond donors (Lipinski definition) is 3. The second-order valence-electron chi connectivity index (χ2n) is 5.86. The Balaban J connectivity index is 2.09. The van der Waals surface area contributed by atoms with E-state index in [0.29, 0.717) is 17.2 Å². The fourth-order valence-electron chi connectivity index (χ4n) is 2.27. The zero-order valence-corrected chi connectivity index (χ0v) is 13.9. The van der Waals surface area contributed by atoms with Crippen LogP contribution >= 0.6 is 0 Å². The largest absolute Gasteiger partial charge is 0.477 e. The molecule has 24 heavy (non-hydrogen) atoms. The summed E-state index contributed by atoms with van der Waals surface area (Å²) in [4.78, 5) is 26.4. The lowest BCUT2D eigenvalue weighted by molar-refractivity contribution is -0.132. The highest BCUT2D eigenvalue weighted by molar-refractivity contribution is 6.02. The molecule has 0 bridgehead atoms. The number of benzene rings is 1. The number of amides is 1. The average molecular weight is 326 g/mol. The second kappa shape index (κ2) is 8.15. The molecular formula is C19H22N2O3. The lowest BCUT2D eigenvalue weighted by Gasteiger charge is -2.09. The highest BCUT2D eigenvalue weighted by Crippen LogP contribution is 2.13. The van der Waals surface area contributed by atoms with Crippen LogP contribution in [-0.4, -0.2) is 22.0 Å². The van der Waals surface area contributed by atoms with Crippen molar-refractivity contribution in [2.75, 3.05) is 0 Å². The standard InChI is InChI=1S/C19H22N2O3/c1-3-13(2)11-14-6-8-15(9-7-14)18(22)21-17(19(23)24)12-16-5-4-10-20-16/h4-10,12-13,20H,3,11H2,1-2H3,(H,21,22)(H,23,24)/b17-12+. The quantitative estimate of drug-likeness (QED) is 0.681. The van der Waals surface area contributed by atoms with E-state index in [2.05, 4.69) is 24.1 Å². The molecule has 5 heteroatoms. The number of carbonyl (C=O) groups excluding carboxylic acids is 1. The number of carbonyl (C=O) groups is 2. The molecular weight excluding hydrogens is 304 g/mol. The van der Waals surface area contributed by atoms with Crippen LogP contribution in [0.5, 0.6) is 0 Å². The van der Waals surface area contributed by atoms with Crippen molar-refractivity contribution in [3.8, 4) is 0 Å². The van der Waals surface area contributed by atoms with Crippen molar-refractivity contribution in [2.24, 2.45) is 5.92 Å². The molecule has 1 unspecified atom stereocenters. The van der Waals surface area contributed by atoms with Gasteiger partial charge in [0.1, 0.15) is 5.70 Å². The van der Waals surface area contributed by atoms with Gasteiger partial charge in [-0.2, -0.15) is 0 Å². The van der Waals surface area contributed by atoms with Gasteiger partial charge in [-0.3, -0.25) is 4.79 Å². The zero-order chi connectivity index (χ0) is 17.5. The Morgan fingerprint density at radius 3 is 2.50 bits per heavy atom. The molecule has 0 fully saturated rings. The number of aromatic amines is 1. The third-order valence-electron chi connectivity index (χ3n) is 3.90. The van der Waals surface area contributed by atoms with Gasteiger partial charge >= 0.3 is 5.97 Å². The first-order valence-corrected chi connectivity index (χ1v) is 7.98. The molecule has 2 rings (SSSR count). The first-order valence-electron chi connectivity index (χ1n) is 7.98. The fourth-order valence-corrected chi connectivity index (χ4v) is 2.27. The van der Waals surface area contributed by atoms with E-state index >= 15 is 0 Å². The van der Waals surface area contributed by atoms with Gasteiger partial charge in [0, 0.05) is 17.5 Å². The lowest BCUT2D eigenvalue weighted by Crippen LogP contribution is -2.27. The van der Waals surface area contributed by atoms with E-state index < -0.39 is 11.9 Å². The van der Waals surface area contributed by atoms with Crippen LogP contribution in [-0.2, 0) is 11.2 Å². The van der Waals surface area contributed by atoms with E-state index in [4.69, 9.17) is 0 Å². The second-order valence-corrected chi connectivity index (χ2v) is 5.86. The molecule has 0 aliphatic carbocycles. The van der Waals surface area contributed by atoms with Crippen LogP contribution in [0.3, 0.4) is 0 Å². The van der Waals surface area contributed by atoms with Crippen LogP contribution in [0.1, 0.15) is 41.9 Å². The molecule has 1 aromatic carbocycles. The van der Waals surface area contributed by atoms with Crippen molar-refractivity contribution in [3.63, 3.8) is 0 Å². The third kappa shape index (κ3) is 4.84. The van der Waals surface area contributed by atoms with E-state index in [1.807, 2.05) is 12.1 Å². The maximum absolute atomic E-state index is 12.3. The van der Waals surface area contributed by atoms with Crippen LogP contribution in [0.15, 0.2) is 48.3 Å². The summed E-state index contributed by atoms with van der Waals surface area (Å²) >= 11 is 0. The molecule has 1 heterocycles. The normalized spacial score (nSPS) is 12.7. The van der Waals surface area contributed by atoms with Gasteiger partial charge in [0.15, 0.2) is 0 Å². The van der Waals surface area contributed by atoms with Gasteiger partial charge in [0.2, 0.25) is 0 Å². The van der Waals surface area contributed by atoms with Crippen LogP contribution < -0.4 is 5.32 Å². The van der Waals surface area contributed by atoms with Crippen molar-refractivity contribution in [1.82, 2.24) is 10.3 Å². The number of hydrogen-bond acceptors (Lipinski definition) is 2. The van der Waals surface area contributed by atoms with E-state index in [1.54, 1.807) is 30.5 Å². The number of H-pyrrole nitrogens is 1.